The third-order valence-electron chi connectivity index (χ3n) is 6.95. The zero-order valence-electron chi connectivity index (χ0n) is 17.3. The third kappa shape index (κ3) is 3.69. The van der Waals surface area contributed by atoms with Crippen LogP contribution in [-0.4, -0.2) is 83.5 Å². The van der Waals surface area contributed by atoms with Crippen LogP contribution in [0.2, 0.25) is 0 Å². The highest BCUT2D eigenvalue weighted by atomic mass is 16.5. The van der Waals surface area contributed by atoms with E-state index in [1.54, 1.807) is 0 Å². The molecule has 160 valence electrons. The first-order chi connectivity index (χ1) is 14.1. The average Bonchev–Trinajstić information content (AvgIpc) is 3.34. The Morgan fingerprint density at radius 2 is 1.97 bits per heavy atom. The number of carbonyl (C=O) groups excluding carboxylic acids is 1. The number of hydrazine groups is 1. The standard InChI is InChI=1S/C20H32N6O3/c1-12(2)20(27)25-5-3-13(4-6-25)18-23-19(29-24-18)14-7-17-16(21-8-14)9-22-26(17)15-10-28-11-15/h12-17,21-22H,3-11H2,1-2H3. The summed E-state index contributed by atoms with van der Waals surface area (Å²) in [5.74, 6) is 2.39. The number of fused-ring (bicyclic) bond motifs is 1. The van der Waals surface area contributed by atoms with Crippen molar-refractivity contribution < 1.29 is 14.1 Å². The summed E-state index contributed by atoms with van der Waals surface area (Å²) < 4.78 is 11.1. The number of hydrogen-bond donors (Lipinski definition) is 2. The van der Waals surface area contributed by atoms with Crippen LogP contribution in [0.15, 0.2) is 4.52 Å². The minimum atomic E-state index is 0.0575. The van der Waals surface area contributed by atoms with Gasteiger partial charge in [0.2, 0.25) is 11.8 Å². The molecule has 4 saturated heterocycles. The number of nitrogens with zero attached hydrogens (tertiary/aromatic N) is 4. The fourth-order valence-electron chi connectivity index (χ4n) is 5.08. The Morgan fingerprint density at radius 3 is 2.66 bits per heavy atom. The van der Waals surface area contributed by atoms with Crippen LogP contribution in [-0.2, 0) is 9.53 Å². The van der Waals surface area contributed by atoms with Gasteiger partial charge in [-0.3, -0.25) is 10.2 Å². The Morgan fingerprint density at radius 1 is 1.17 bits per heavy atom. The molecule has 4 aliphatic rings. The second-order valence-corrected chi connectivity index (χ2v) is 9.22. The molecule has 0 saturated carbocycles. The van der Waals surface area contributed by atoms with Crippen molar-refractivity contribution in [2.45, 2.75) is 63.1 Å². The number of nitrogens with one attached hydrogen (secondary N) is 2. The minimum absolute atomic E-state index is 0.0575. The Bertz CT molecular complexity index is 728. The molecule has 5 rings (SSSR count). The van der Waals surface area contributed by atoms with E-state index in [9.17, 15) is 4.79 Å². The number of piperidine rings is 2. The summed E-state index contributed by atoms with van der Waals surface area (Å²) in [5, 5.41) is 10.4. The van der Waals surface area contributed by atoms with Crippen molar-refractivity contribution in [3.05, 3.63) is 11.7 Å². The van der Waals surface area contributed by atoms with Crippen LogP contribution < -0.4 is 10.7 Å². The van der Waals surface area contributed by atoms with E-state index in [-0.39, 0.29) is 23.7 Å². The summed E-state index contributed by atoms with van der Waals surface area (Å²) in [6.07, 6.45) is 2.83. The van der Waals surface area contributed by atoms with Gasteiger partial charge in [0.05, 0.1) is 25.2 Å². The highest BCUT2D eigenvalue weighted by Gasteiger charge is 2.45. The van der Waals surface area contributed by atoms with Gasteiger partial charge in [-0.1, -0.05) is 19.0 Å². The van der Waals surface area contributed by atoms with Gasteiger partial charge in [-0.05, 0) is 19.3 Å². The smallest absolute Gasteiger partial charge is 0.231 e. The van der Waals surface area contributed by atoms with Crippen molar-refractivity contribution in [1.29, 1.82) is 0 Å². The van der Waals surface area contributed by atoms with Gasteiger partial charge in [0.15, 0.2) is 5.82 Å². The topological polar surface area (TPSA) is 95.8 Å². The van der Waals surface area contributed by atoms with Crippen LogP contribution in [0, 0.1) is 5.92 Å². The van der Waals surface area contributed by atoms with E-state index in [0.29, 0.717) is 18.1 Å². The molecule has 4 fully saturated rings. The van der Waals surface area contributed by atoms with Gasteiger partial charge in [0.1, 0.15) is 0 Å². The van der Waals surface area contributed by atoms with Crippen molar-refractivity contribution in [2.24, 2.45) is 5.92 Å². The number of amides is 1. The quantitative estimate of drug-likeness (QED) is 0.748. The second-order valence-electron chi connectivity index (χ2n) is 9.22. The van der Waals surface area contributed by atoms with Crippen molar-refractivity contribution in [3.8, 4) is 0 Å². The first-order valence-electron chi connectivity index (χ1n) is 11.1. The average molecular weight is 405 g/mol. The van der Waals surface area contributed by atoms with Gasteiger partial charge in [-0.2, -0.15) is 4.98 Å². The van der Waals surface area contributed by atoms with Crippen LogP contribution in [0.25, 0.3) is 0 Å². The third-order valence-corrected chi connectivity index (χ3v) is 6.95. The largest absolute Gasteiger partial charge is 0.378 e. The molecule has 9 heteroatoms. The Hall–Kier alpha value is -1.55. The molecule has 0 radical (unpaired) electrons. The van der Waals surface area contributed by atoms with Gasteiger partial charge in [-0.15, -0.1) is 0 Å². The van der Waals surface area contributed by atoms with Gasteiger partial charge in [-0.25, -0.2) is 5.01 Å². The van der Waals surface area contributed by atoms with Crippen LogP contribution in [0.1, 0.15) is 56.7 Å². The van der Waals surface area contributed by atoms with E-state index in [2.05, 4.69) is 20.9 Å². The van der Waals surface area contributed by atoms with Crippen molar-refractivity contribution in [2.75, 3.05) is 39.4 Å². The number of ether oxygens (including phenoxy) is 1. The molecular weight excluding hydrogens is 372 g/mol. The van der Waals surface area contributed by atoms with E-state index in [0.717, 1.165) is 70.4 Å². The summed E-state index contributed by atoms with van der Waals surface area (Å²) in [6, 6.07) is 1.38. The van der Waals surface area contributed by atoms with Crippen molar-refractivity contribution >= 4 is 5.91 Å². The minimum Gasteiger partial charge on any atom is -0.378 e. The fourth-order valence-corrected chi connectivity index (χ4v) is 5.08. The van der Waals surface area contributed by atoms with Gasteiger partial charge >= 0.3 is 0 Å². The number of aromatic nitrogens is 2. The van der Waals surface area contributed by atoms with Gasteiger partial charge in [0.25, 0.3) is 0 Å². The molecule has 1 aromatic rings. The maximum Gasteiger partial charge on any atom is 0.231 e. The monoisotopic (exact) mass is 404 g/mol. The highest BCUT2D eigenvalue weighted by Crippen LogP contribution is 2.33. The van der Waals surface area contributed by atoms with E-state index >= 15 is 0 Å². The number of rotatable bonds is 4. The predicted molar refractivity (Wildman–Crippen MR) is 105 cm³/mol. The molecule has 29 heavy (non-hydrogen) atoms. The van der Waals surface area contributed by atoms with E-state index in [1.807, 2.05) is 18.7 Å². The lowest BCUT2D eigenvalue weighted by Crippen LogP contribution is -2.58. The highest BCUT2D eigenvalue weighted by molar-refractivity contribution is 5.78. The SMILES string of the molecule is CC(C)C(=O)N1CCC(c2noc(C3CNC4CNN(C5COC5)C4C3)n2)CC1. The number of likely N-dealkylation sites (tertiary alicyclic amines) is 1. The Kier molecular flexibility index (Phi) is 5.32. The Labute approximate surface area is 171 Å². The lowest BCUT2D eigenvalue weighted by atomic mass is 9.90. The first kappa shape index (κ1) is 19.4. The number of hydrogen-bond acceptors (Lipinski definition) is 8. The second kappa shape index (κ2) is 7.94. The predicted octanol–water partition coefficient (Wildman–Crippen LogP) is 0.465. The molecule has 0 aliphatic carbocycles. The van der Waals surface area contributed by atoms with Gasteiger partial charge < -0.3 is 19.5 Å². The van der Waals surface area contributed by atoms with Crippen LogP contribution >= 0.6 is 0 Å². The first-order valence-corrected chi connectivity index (χ1v) is 11.1. The molecule has 1 aromatic heterocycles. The molecule has 9 nitrogen and oxygen atoms in total. The molecular formula is C20H32N6O3. The molecule has 2 N–H and O–H groups in total. The summed E-state index contributed by atoms with van der Waals surface area (Å²) in [5.41, 5.74) is 3.54. The molecule has 0 aromatic carbocycles. The summed E-state index contributed by atoms with van der Waals surface area (Å²) >= 11 is 0. The van der Waals surface area contributed by atoms with Gasteiger partial charge in [0, 0.05) is 50.1 Å². The molecule has 0 bridgehead atoms. The van der Waals surface area contributed by atoms with E-state index in [1.165, 1.54) is 0 Å². The maximum absolute atomic E-state index is 12.2. The molecule has 0 spiro atoms. The van der Waals surface area contributed by atoms with E-state index in [4.69, 9.17) is 14.2 Å². The van der Waals surface area contributed by atoms with Crippen molar-refractivity contribution in [3.63, 3.8) is 0 Å². The lowest BCUT2D eigenvalue weighted by molar-refractivity contribution is -0.135. The molecule has 1 amide bonds. The Balaban J connectivity index is 1.20. The van der Waals surface area contributed by atoms with Crippen LogP contribution in [0.5, 0.6) is 0 Å². The normalized spacial score (nSPS) is 31.8. The summed E-state index contributed by atoms with van der Waals surface area (Å²) in [4.78, 5) is 19.0. The molecule has 3 atom stereocenters. The summed E-state index contributed by atoms with van der Waals surface area (Å²) in [7, 11) is 0. The van der Waals surface area contributed by atoms with Crippen molar-refractivity contribution in [1.82, 2.24) is 30.8 Å². The zero-order valence-corrected chi connectivity index (χ0v) is 17.3. The maximum atomic E-state index is 12.2. The molecule has 3 unspecified atom stereocenters. The van der Waals surface area contributed by atoms with Crippen LogP contribution in [0.4, 0.5) is 0 Å². The number of carbonyl (C=O) groups is 1. The van der Waals surface area contributed by atoms with Crippen LogP contribution in [0.3, 0.4) is 0 Å². The zero-order chi connectivity index (χ0) is 20.0. The summed E-state index contributed by atoms with van der Waals surface area (Å²) in [6.45, 7) is 8.95. The van der Waals surface area contributed by atoms with E-state index < -0.39 is 0 Å². The molecule has 5 heterocycles. The lowest BCUT2D eigenvalue weighted by Gasteiger charge is -2.41. The molecule has 4 aliphatic heterocycles. The fraction of sp³-hybridized carbons (Fsp3) is 0.850.